The van der Waals surface area contributed by atoms with Crippen molar-refractivity contribution in [3.8, 4) is 0 Å². The molecule has 1 aromatic heterocycles. The van der Waals surface area contributed by atoms with Crippen LogP contribution >= 0.6 is 11.3 Å². The molecule has 0 bridgehead atoms. The maximum absolute atomic E-state index is 5.77. The van der Waals surface area contributed by atoms with Crippen molar-refractivity contribution in [1.29, 1.82) is 0 Å². The Balaban J connectivity index is 2.23. The molecular formula is C14H25N3OS. The molecule has 1 aromatic rings. The normalized spacial score (nSPS) is 23.9. The van der Waals surface area contributed by atoms with Crippen LogP contribution in [0.4, 0.5) is 5.13 Å². The first-order valence-electron chi connectivity index (χ1n) is 7.20. The van der Waals surface area contributed by atoms with Crippen LogP contribution in [0, 0.1) is 0 Å². The van der Waals surface area contributed by atoms with Crippen LogP contribution in [0.1, 0.15) is 37.8 Å². The van der Waals surface area contributed by atoms with E-state index in [0.717, 1.165) is 32.5 Å². The zero-order valence-electron chi connectivity index (χ0n) is 12.4. The van der Waals surface area contributed by atoms with E-state index in [0.29, 0.717) is 12.1 Å². The van der Waals surface area contributed by atoms with E-state index in [1.165, 1.54) is 15.7 Å². The van der Waals surface area contributed by atoms with Gasteiger partial charge < -0.3 is 15.0 Å². The van der Waals surface area contributed by atoms with Crippen molar-refractivity contribution >= 4 is 16.5 Å². The summed E-state index contributed by atoms with van der Waals surface area (Å²) in [5.41, 5.74) is 1.24. The van der Waals surface area contributed by atoms with Gasteiger partial charge in [-0.05, 0) is 26.8 Å². The smallest absolute Gasteiger partial charge is 0.186 e. The van der Waals surface area contributed by atoms with Gasteiger partial charge in [-0.15, -0.1) is 11.3 Å². The van der Waals surface area contributed by atoms with Crippen molar-refractivity contribution in [2.24, 2.45) is 0 Å². The molecule has 1 aliphatic rings. The van der Waals surface area contributed by atoms with E-state index < -0.39 is 0 Å². The summed E-state index contributed by atoms with van der Waals surface area (Å²) in [5.74, 6) is 0. The van der Waals surface area contributed by atoms with Gasteiger partial charge in [-0.1, -0.05) is 13.8 Å². The van der Waals surface area contributed by atoms with Gasteiger partial charge in [0.25, 0.3) is 0 Å². The number of thiazole rings is 1. The van der Waals surface area contributed by atoms with Gasteiger partial charge in [0.2, 0.25) is 0 Å². The van der Waals surface area contributed by atoms with Crippen LogP contribution in [0.25, 0.3) is 0 Å². The second-order valence-corrected chi connectivity index (χ2v) is 6.17. The maximum atomic E-state index is 5.77. The number of ether oxygens (including phenoxy) is 1. The van der Waals surface area contributed by atoms with Crippen LogP contribution in [0.3, 0.4) is 0 Å². The molecule has 1 fully saturated rings. The Hall–Kier alpha value is -0.650. The zero-order valence-corrected chi connectivity index (χ0v) is 13.2. The van der Waals surface area contributed by atoms with Gasteiger partial charge in [-0.3, -0.25) is 0 Å². The van der Waals surface area contributed by atoms with Crippen molar-refractivity contribution < 1.29 is 4.74 Å². The molecule has 0 radical (unpaired) electrons. The van der Waals surface area contributed by atoms with Gasteiger partial charge in [0.05, 0.1) is 24.4 Å². The van der Waals surface area contributed by atoms with E-state index in [1.807, 2.05) is 18.4 Å². The molecule has 0 saturated carbocycles. The molecule has 1 aliphatic heterocycles. The fourth-order valence-electron chi connectivity index (χ4n) is 2.48. The average Bonchev–Trinajstić information content (AvgIpc) is 2.82. The van der Waals surface area contributed by atoms with Gasteiger partial charge in [-0.25, -0.2) is 4.98 Å². The number of nitrogens with one attached hydrogen (secondary N) is 1. The van der Waals surface area contributed by atoms with Crippen molar-refractivity contribution in [2.45, 2.75) is 52.3 Å². The summed E-state index contributed by atoms with van der Waals surface area (Å²) >= 11 is 1.83. The predicted molar refractivity (Wildman–Crippen MR) is 81.1 cm³/mol. The van der Waals surface area contributed by atoms with Crippen LogP contribution in [0.15, 0.2) is 0 Å². The van der Waals surface area contributed by atoms with Crippen LogP contribution in [0.2, 0.25) is 0 Å². The quantitative estimate of drug-likeness (QED) is 0.900. The first-order chi connectivity index (χ1) is 9.19. The largest absolute Gasteiger partial charge is 0.375 e. The summed E-state index contributed by atoms with van der Waals surface area (Å²) in [5, 5.41) is 4.41. The Labute approximate surface area is 120 Å². The molecule has 2 rings (SSSR count). The molecule has 2 atom stereocenters. The number of anilines is 1. The highest BCUT2D eigenvalue weighted by Gasteiger charge is 2.28. The van der Waals surface area contributed by atoms with E-state index >= 15 is 0 Å². The fourth-order valence-corrected chi connectivity index (χ4v) is 3.73. The Morgan fingerprint density at radius 3 is 2.89 bits per heavy atom. The molecule has 108 valence electrons. The number of morpholine rings is 1. The molecule has 2 unspecified atom stereocenters. The number of hydrogen-bond donors (Lipinski definition) is 1. The number of aryl methyl sites for hydroxylation is 1. The first kappa shape index (κ1) is 14.8. The number of nitrogens with zero attached hydrogens (tertiary/aromatic N) is 2. The van der Waals surface area contributed by atoms with Crippen molar-refractivity contribution in [3.05, 3.63) is 10.6 Å². The monoisotopic (exact) mass is 283 g/mol. The first-order valence-corrected chi connectivity index (χ1v) is 8.02. The van der Waals surface area contributed by atoms with Crippen molar-refractivity contribution in [3.63, 3.8) is 0 Å². The molecule has 0 aliphatic carbocycles. The van der Waals surface area contributed by atoms with E-state index in [1.54, 1.807) is 0 Å². The topological polar surface area (TPSA) is 37.4 Å². The number of hydrogen-bond acceptors (Lipinski definition) is 5. The van der Waals surface area contributed by atoms with E-state index in [-0.39, 0.29) is 0 Å². The van der Waals surface area contributed by atoms with E-state index in [9.17, 15) is 0 Å². The Bertz CT molecular complexity index is 407. The summed E-state index contributed by atoms with van der Waals surface area (Å²) in [6.07, 6.45) is 2.41. The lowest BCUT2D eigenvalue weighted by Crippen LogP contribution is -2.48. The lowest BCUT2D eigenvalue weighted by atomic mass is 10.1. The van der Waals surface area contributed by atoms with Crippen molar-refractivity contribution in [2.75, 3.05) is 25.1 Å². The molecular weight excluding hydrogens is 258 g/mol. The van der Waals surface area contributed by atoms with Gasteiger partial charge in [0.1, 0.15) is 0 Å². The molecule has 4 nitrogen and oxygen atoms in total. The minimum absolute atomic E-state index is 0.296. The molecule has 1 N–H and O–H groups in total. The standard InChI is InChI=1S/C14H25N3OS/c1-5-11-9-18-10(3)8-17(11)14-16-12(6-2)13(19-14)7-15-4/h10-11,15H,5-9H2,1-4H3. The molecule has 0 amide bonds. The summed E-state index contributed by atoms with van der Waals surface area (Å²) in [6, 6.07) is 0.467. The second-order valence-electron chi connectivity index (χ2n) is 5.11. The maximum Gasteiger partial charge on any atom is 0.186 e. The Kier molecular flexibility index (Phi) is 5.19. The Morgan fingerprint density at radius 1 is 1.47 bits per heavy atom. The summed E-state index contributed by atoms with van der Waals surface area (Å²) in [6.45, 7) is 9.23. The highest BCUT2D eigenvalue weighted by molar-refractivity contribution is 7.15. The third-order valence-corrected chi connectivity index (χ3v) is 4.76. The zero-order chi connectivity index (χ0) is 13.8. The molecule has 5 heteroatoms. The second kappa shape index (κ2) is 6.68. The summed E-state index contributed by atoms with van der Waals surface area (Å²) in [4.78, 5) is 8.66. The lowest BCUT2D eigenvalue weighted by Gasteiger charge is -2.38. The van der Waals surface area contributed by atoms with Crippen LogP contribution in [0.5, 0.6) is 0 Å². The van der Waals surface area contributed by atoms with E-state index in [2.05, 4.69) is 31.0 Å². The predicted octanol–water partition coefficient (Wildman–Crippen LogP) is 2.43. The minimum Gasteiger partial charge on any atom is -0.375 e. The molecule has 0 spiro atoms. The SMILES string of the molecule is CCc1nc(N2CC(C)OCC2CC)sc1CNC. The summed E-state index contributed by atoms with van der Waals surface area (Å²) in [7, 11) is 1.99. The highest BCUT2D eigenvalue weighted by Crippen LogP contribution is 2.30. The molecule has 1 saturated heterocycles. The summed E-state index contributed by atoms with van der Waals surface area (Å²) < 4.78 is 5.77. The van der Waals surface area contributed by atoms with Gasteiger partial charge in [0.15, 0.2) is 5.13 Å². The number of aromatic nitrogens is 1. The molecule has 2 heterocycles. The Morgan fingerprint density at radius 2 is 2.26 bits per heavy atom. The van der Waals surface area contributed by atoms with Crippen LogP contribution < -0.4 is 10.2 Å². The fraction of sp³-hybridized carbons (Fsp3) is 0.786. The van der Waals surface area contributed by atoms with Gasteiger partial charge in [-0.2, -0.15) is 0 Å². The molecule has 19 heavy (non-hydrogen) atoms. The van der Waals surface area contributed by atoms with Gasteiger partial charge >= 0.3 is 0 Å². The average molecular weight is 283 g/mol. The lowest BCUT2D eigenvalue weighted by molar-refractivity contribution is 0.0299. The minimum atomic E-state index is 0.296. The van der Waals surface area contributed by atoms with Crippen LogP contribution in [-0.4, -0.2) is 37.3 Å². The number of rotatable bonds is 5. The third kappa shape index (κ3) is 3.27. The van der Waals surface area contributed by atoms with Crippen LogP contribution in [-0.2, 0) is 17.7 Å². The van der Waals surface area contributed by atoms with Crippen molar-refractivity contribution in [1.82, 2.24) is 10.3 Å². The van der Waals surface area contributed by atoms with Gasteiger partial charge in [0, 0.05) is 18.0 Å². The highest BCUT2D eigenvalue weighted by atomic mass is 32.1. The third-order valence-electron chi connectivity index (χ3n) is 3.62. The molecule has 0 aromatic carbocycles. The van der Waals surface area contributed by atoms with E-state index in [4.69, 9.17) is 9.72 Å².